The van der Waals surface area contributed by atoms with Gasteiger partial charge in [-0.3, -0.25) is 9.69 Å². The minimum Gasteiger partial charge on any atom is -0.310 e. The summed E-state index contributed by atoms with van der Waals surface area (Å²) in [6.45, 7) is 6.37. The topological polar surface area (TPSA) is 84.3 Å². The fourth-order valence-electron chi connectivity index (χ4n) is 3.46. The van der Waals surface area contributed by atoms with Crippen molar-refractivity contribution in [1.82, 2.24) is 14.7 Å². The summed E-state index contributed by atoms with van der Waals surface area (Å²) in [5.41, 5.74) is 0.779. The predicted octanol–water partition coefficient (Wildman–Crippen LogP) is 1.22. The van der Waals surface area contributed by atoms with Crippen LogP contribution in [0.15, 0.2) is 6.07 Å². The average molecular weight is 354 g/mol. The standard InChI is InChI=1S/C16H26N4O3S/c1-12-3-6-19(7-4-12)10-16(21)17-15-9-13(2)18-20(15)14-5-8-24(22,23)11-14/h9,12,14H,3-8,10-11H2,1-2H3,(H,17,21)/t14-/m0/s1. The minimum absolute atomic E-state index is 0.0634. The highest BCUT2D eigenvalue weighted by atomic mass is 32.2. The number of nitrogens with one attached hydrogen (secondary N) is 1. The zero-order valence-electron chi connectivity index (χ0n) is 14.4. The van der Waals surface area contributed by atoms with Crippen molar-refractivity contribution in [3.63, 3.8) is 0 Å². The Hall–Kier alpha value is -1.41. The summed E-state index contributed by atoms with van der Waals surface area (Å²) in [4.78, 5) is 14.5. The Morgan fingerprint density at radius 3 is 2.67 bits per heavy atom. The van der Waals surface area contributed by atoms with Crippen LogP contribution in [0.25, 0.3) is 0 Å². The molecule has 3 heterocycles. The van der Waals surface area contributed by atoms with Crippen LogP contribution in [0.1, 0.15) is 37.9 Å². The summed E-state index contributed by atoms with van der Waals surface area (Å²) in [6.07, 6.45) is 2.81. The Balaban J connectivity index is 1.64. The predicted molar refractivity (Wildman–Crippen MR) is 92.7 cm³/mol. The highest BCUT2D eigenvalue weighted by molar-refractivity contribution is 7.91. The van der Waals surface area contributed by atoms with E-state index in [0.29, 0.717) is 18.8 Å². The van der Waals surface area contributed by atoms with Crippen molar-refractivity contribution >= 4 is 21.6 Å². The molecule has 7 nitrogen and oxygen atoms in total. The van der Waals surface area contributed by atoms with Gasteiger partial charge in [0.25, 0.3) is 0 Å². The van der Waals surface area contributed by atoms with E-state index < -0.39 is 9.84 Å². The van der Waals surface area contributed by atoms with Crippen LogP contribution in [0.5, 0.6) is 0 Å². The molecule has 2 aliphatic rings. The van der Waals surface area contributed by atoms with Gasteiger partial charge in [0.1, 0.15) is 5.82 Å². The van der Waals surface area contributed by atoms with Crippen LogP contribution in [0.3, 0.4) is 0 Å². The number of carbonyl (C=O) groups is 1. The molecule has 3 rings (SSSR count). The van der Waals surface area contributed by atoms with Crippen molar-refractivity contribution in [2.45, 2.75) is 39.2 Å². The maximum Gasteiger partial charge on any atom is 0.239 e. The van der Waals surface area contributed by atoms with Gasteiger partial charge in [-0.05, 0) is 45.2 Å². The molecule has 0 radical (unpaired) electrons. The van der Waals surface area contributed by atoms with Crippen LogP contribution >= 0.6 is 0 Å². The molecule has 2 saturated heterocycles. The number of hydrogen-bond acceptors (Lipinski definition) is 5. The van der Waals surface area contributed by atoms with E-state index in [-0.39, 0.29) is 23.5 Å². The average Bonchev–Trinajstić information content (AvgIpc) is 3.03. The van der Waals surface area contributed by atoms with Gasteiger partial charge in [-0.15, -0.1) is 0 Å². The fraction of sp³-hybridized carbons (Fsp3) is 0.750. The van der Waals surface area contributed by atoms with Crippen LogP contribution in [0.4, 0.5) is 5.82 Å². The van der Waals surface area contributed by atoms with Gasteiger partial charge in [0.05, 0.1) is 29.8 Å². The van der Waals surface area contributed by atoms with Crippen molar-refractivity contribution in [2.24, 2.45) is 5.92 Å². The highest BCUT2D eigenvalue weighted by Crippen LogP contribution is 2.27. The van der Waals surface area contributed by atoms with Crippen LogP contribution in [-0.4, -0.2) is 60.1 Å². The molecular formula is C16H26N4O3S. The Bertz CT molecular complexity index is 705. The van der Waals surface area contributed by atoms with Crippen LogP contribution in [0.2, 0.25) is 0 Å². The Morgan fingerprint density at radius 2 is 2.04 bits per heavy atom. The molecule has 0 aromatic carbocycles. The second kappa shape index (κ2) is 6.84. The number of amides is 1. The lowest BCUT2D eigenvalue weighted by Gasteiger charge is -2.29. The largest absolute Gasteiger partial charge is 0.310 e. The van der Waals surface area contributed by atoms with Gasteiger partial charge in [-0.1, -0.05) is 6.92 Å². The molecule has 1 aromatic heterocycles. The van der Waals surface area contributed by atoms with E-state index in [9.17, 15) is 13.2 Å². The first-order chi connectivity index (χ1) is 11.3. The first-order valence-corrected chi connectivity index (χ1v) is 10.4. The van der Waals surface area contributed by atoms with Crippen LogP contribution < -0.4 is 5.32 Å². The monoisotopic (exact) mass is 354 g/mol. The van der Waals surface area contributed by atoms with E-state index in [2.05, 4.69) is 22.2 Å². The zero-order valence-corrected chi connectivity index (χ0v) is 15.2. The van der Waals surface area contributed by atoms with Gasteiger partial charge in [0, 0.05) is 6.07 Å². The van der Waals surface area contributed by atoms with Crippen molar-refractivity contribution < 1.29 is 13.2 Å². The molecule has 0 saturated carbocycles. The molecule has 1 aromatic rings. The molecule has 134 valence electrons. The molecule has 1 atom stereocenters. The van der Waals surface area contributed by atoms with Gasteiger partial charge < -0.3 is 5.32 Å². The third kappa shape index (κ3) is 4.16. The summed E-state index contributed by atoms with van der Waals surface area (Å²) in [6, 6.07) is 1.62. The van der Waals surface area contributed by atoms with Crippen molar-refractivity contribution in [2.75, 3.05) is 36.5 Å². The number of piperidine rings is 1. The summed E-state index contributed by atoms with van der Waals surface area (Å²) >= 11 is 0. The Morgan fingerprint density at radius 1 is 1.33 bits per heavy atom. The van der Waals surface area contributed by atoms with E-state index in [1.807, 2.05) is 6.92 Å². The Kier molecular flexibility index (Phi) is 4.96. The quantitative estimate of drug-likeness (QED) is 0.879. The molecule has 0 aliphatic carbocycles. The normalized spacial score (nSPS) is 25.0. The molecule has 1 amide bonds. The number of aromatic nitrogens is 2. The summed E-state index contributed by atoms with van der Waals surface area (Å²) in [7, 11) is -2.99. The molecule has 2 fully saturated rings. The van der Waals surface area contributed by atoms with E-state index >= 15 is 0 Å². The van der Waals surface area contributed by atoms with E-state index in [1.54, 1.807) is 10.7 Å². The van der Waals surface area contributed by atoms with E-state index in [4.69, 9.17) is 0 Å². The molecule has 2 aliphatic heterocycles. The number of carbonyl (C=O) groups excluding carboxylic acids is 1. The molecule has 1 N–H and O–H groups in total. The number of rotatable bonds is 4. The number of nitrogens with zero attached hydrogens (tertiary/aromatic N) is 3. The maximum atomic E-state index is 12.4. The molecule has 0 spiro atoms. The molecule has 0 unspecified atom stereocenters. The lowest BCUT2D eigenvalue weighted by molar-refractivity contribution is -0.117. The van der Waals surface area contributed by atoms with Crippen molar-refractivity contribution in [3.8, 4) is 0 Å². The number of likely N-dealkylation sites (tertiary alicyclic amines) is 1. The van der Waals surface area contributed by atoms with E-state index in [1.165, 1.54) is 0 Å². The molecule has 24 heavy (non-hydrogen) atoms. The van der Waals surface area contributed by atoms with E-state index in [0.717, 1.165) is 37.5 Å². The van der Waals surface area contributed by atoms with Crippen molar-refractivity contribution in [3.05, 3.63) is 11.8 Å². The Labute approximate surface area is 143 Å². The highest BCUT2D eigenvalue weighted by Gasteiger charge is 2.31. The smallest absolute Gasteiger partial charge is 0.239 e. The van der Waals surface area contributed by atoms with Gasteiger partial charge in [0.15, 0.2) is 9.84 Å². The van der Waals surface area contributed by atoms with Crippen LogP contribution in [-0.2, 0) is 14.6 Å². The fourth-order valence-corrected chi connectivity index (χ4v) is 5.15. The third-order valence-electron chi connectivity index (χ3n) is 4.92. The maximum absolute atomic E-state index is 12.4. The number of sulfone groups is 1. The summed E-state index contributed by atoms with van der Waals surface area (Å²) < 4.78 is 25.1. The SMILES string of the molecule is Cc1cc(NC(=O)CN2CCC(C)CC2)n([C@H]2CCS(=O)(=O)C2)n1. The number of aryl methyl sites for hydroxylation is 1. The van der Waals surface area contributed by atoms with Gasteiger partial charge in [0.2, 0.25) is 5.91 Å². The molecule has 8 heteroatoms. The number of anilines is 1. The van der Waals surface area contributed by atoms with Crippen LogP contribution in [0, 0.1) is 12.8 Å². The second-order valence-electron chi connectivity index (χ2n) is 7.18. The first-order valence-electron chi connectivity index (χ1n) is 8.61. The first kappa shape index (κ1) is 17.4. The number of hydrogen-bond donors (Lipinski definition) is 1. The zero-order chi connectivity index (χ0) is 17.3. The second-order valence-corrected chi connectivity index (χ2v) is 9.41. The van der Waals surface area contributed by atoms with Gasteiger partial charge in [-0.25, -0.2) is 13.1 Å². The summed E-state index contributed by atoms with van der Waals surface area (Å²) in [5.74, 6) is 1.56. The minimum atomic E-state index is -2.99. The summed E-state index contributed by atoms with van der Waals surface area (Å²) in [5, 5.41) is 7.31. The molecular weight excluding hydrogens is 328 g/mol. The van der Waals surface area contributed by atoms with Gasteiger partial charge in [-0.2, -0.15) is 5.10 Å². The lowest BCUT2D eigenvalue weighted by atomic mass is 9.99. The van der Waals surface area contributed by atoms with Crippen molar-refractivity contribution in [1.29, 1.82) is 0 Å². The third-order valence-corrected chi connectivity index (χ3v) is 6.67. The molecule has 0 bridgehead atoms. The lowest BCUT2D eigenvalue weighted by Crippen LogP contribution is -2.39. The van der Waals surface area contributed by atoms with Gasteiger partial charge >= 0.3 is 0 Å².